The van der Waals surface area contributed by atoms with Crippen molar-refractivity contribution in [1.29, 1.82) is 0 Å². The number of nitrogens with one attached hydrogen (secondary N) is 1. The molecule has 2 nitrogen and oxygen atoms in total. The quantitative estimate of drug-likeness (QED) is 0.818. The SMILES string of the molecule is Oc1c(Br)cc(Br)cc1CNc1ccccc1F. The largest absolute Gasteiger partial charge is 0.506 e. The molecule has 2 rings (SSSR count). The second-order valence-electron chi connectivity index (χ2n) is 3.73. The van der Waals surface area contributed by atoms with E-state index in [4.69, 9.17) is 0 Å². The van der Waals surface area contributed by atoms with Gasteiger partial charge in [0.05, 0.1) is 10.2 Å². The van der Waals surface area contributed by atoms with Gasteiger partial charge in [0.2, 0.25) is 0 Å². The topological polar surface area (TPSA) is 32.3 Å². The Hall–Kier alpha value is -1.07. The van der Waals surface area contributed by atoms with E-state index in [1.54, 1.807) is 30.3 Å². The molecule has 18 heavy (non-hydrogen) atoms. The molecule has 0 saturated carbocycles. The van der Waals surface area contributed by atoms with Gasteiger partial charge in [-0.05, 0) is 40.2 Å². The number of para-hydroxylation sites is 1. The highest BCUT2D eigenvalue weighted by molar-refractivity contribution is 9.11. The second-order valence-corrected chi connectivity index (χ2v) is 5.50. The molecular formula is C13H10Br2FNO. The van der Waals surface area contributed by atoms with Gasteiger partial charge >= 0.3 is 0 Å². The highest BCUT2D eigenvalue weighted by Gasteiger charge is 2.08. The summed E-state index contributed by atoms with van der Waals surface area (Å²) in [7, 11) is 0. The Morgan fingerprint density at radius 3 is 2.61 bits per heavy atom. The van der Waals surface area contributed by atoms with E-state index in [0.717, 1.165) is 4.47 Å². The number of phenols is 1. The Morgan fingerprint density at radius 1 is 1.17 bits per heavy atom. The molecule has 0 saturated heterocycles. The van der Waals surface area contributed by atoms with Gasteiger partial charge in [0.25, 0.3) is 0 Å². The van der Waals surface area contributed by atoms with Crippen LogP contribution >= 0.6 is 31.9 Å². The number of halogens is 3. The first kappa shape index (κ1) is 13.4. The van der Waals surface area contributed by atoms with Crippen LogP contribution in [0.15, 0.2) is 45.3 Å². The van der Waals surface area contributed by atoms with Gasteiger partial charge in [0.1, 0.15) is 11.6 Å². The van der Waals surface area contributed by atoms with Crippen LogP contribution < -0.4 is 5.32 Å². The van der Waals surface area contributed by atoms with Crippen LogP contribution in [0.4, 0.5) is 10.1 Å². The van der Waals surface area contributed by atoms with Gasteiger partial charge in [0.15, 0.2) is 0 Å². The van der Waals surface area contributed by atoms with Crippen LogP contribution in [0.3, 0.4) is 0 Å². The standard InChI is InChI=1S/C13H10Br2FNO/c14-9-5-8(13(18)10(15)6-9)7-17-12-4-2-1-3-11(12)16/h1-6,17-18H,7H2. The van der Waals surface area contributed by atoms with Gasteiger partial charge in [-0.1, -0.05) is 28.1 Å². The van der Waals surface area contributed by atoms with Crippen LogP contribution in [0.1, 0.15) is 5.56 Å². The van der Waals surface area contributed by atoms with Crippen LogP contribution in [0.2, 0.25) is 0 Å². The number of hydrogen-bond donors (Lipinski definition) is 2. The summed E-state index contributed by atoms with van der Waals surface area (Å²) in [5.41, 5.74) is 1.09. The van der Waals surface area contributed by atoms with E-state index >= 15 is 0 Å². The van der Waals surface area contributed by atoms with Gasteiger partial charge in [0, 0.05) is 16.6 Å². The van der Waals surface area contributed by atoms with Crippen molar-refractivity contribution < 1.29 is 9.50 Å². The van der Waals surface area contributed by atoms with Crippen LogP contribution in [-0.2, 0) is 6.54 Å². The van der Waals surface area contributed by atoms with Crippen LogP contribution in [-0.4, -0.2) is 5.11 Å². The van der Waals surface area contributed by atoms with E-state index in [0.29, 0.717) is 22.3 Å². The van der Waals surface area contributed by atoms with Crippen molar-refractivity contribution in [3.8, 4) is 5.75 Å². The molecular weight excluding hydrogens is 365 g/mol. The fourth-order valence-electron chi connectivity index (χ4n) is 1.55. The molecule has 0 amide bonds. The monoisotopic (exact) mass is 373 g/mol. The maximum atomic E-state index is 13.4. The Labute approximate surface area is 121 Å². The number of rotatable bonds is 3. The molecule has 0 aliphatic rings. The third-order valence-corrected chi connectivity index (χ3v) is 3.51. The van der Waals surface area contributed by atoms with Gasteiger partial charge in [-0.25, -0.2) is 4.39 Å². The summed E-state index contributed by atoms with van der Waals surface area (Å²) in [5.74, 6) is -0.159. The van der Waals surface area contributed by atoms with Gasteiger partial charge in [-0.2, -0.15) is 0 Å². The molecule has 0 heterocycles. The molecule has 2 N–H and O–H groups in total. The second kappa shape index (κ2) is 5.71. The molecule has 0 spiro atoms. The minimum Gasteiger partial charge on any atom is -0.506 e. The van der Waals surface area contributed by atoms with Crippen molar-refractivity contribution in [2.24, 2.45) is 0 Å². The van der Waals surface area contributed by atoms with E-state index in [-0.39, 0.29) is 11.6 Å². The summed E-state index contributed by atoms with van der Waals surface area (Å²) < 4.78 is 14.9. The smallest absolute Gasteiger partial charge is 0.146 e. The van der Waals surface area contributed by atoms with E-state index in [2.05, 4.69) is 37.2 Å². The highest BCUT2D eigenvalue weighted by atomic mass is 79.9. The van der Waals surface area contributed by atoms with Crippen LogP contribution in [0.5, 0.6) is 5.75 Å². The first-order valence-corrected chi connectivity index (χ1v) is 6.82. The minimum atomic E-state index is -0.314. The van der Waals surface area contributed by atoms with Crippen molar-refractivity contribution in [3.63, 3.8) is 0 Å². The van der Waals surface area contributed by atoms with Gasteiger partial charge in [-0.15, -0.1) is 0 Å². The van der Waals surface area contributed by atoms with E-state index in [1.165, 1.54) is 6.07 Å². The average molecular weight is 375 g/mol. The molecule has 0 unspecified atom stereocenters. The van der Waals surface area contributed by atoms with Gasteiger partial charge < -0.3 is 10.4 Å². The molecule has 0 fully saturated rings. The zero-order valence-electron chi connectivity index (χ0n) is 9.25. The Bertz CT molecular complexity index is 575. The molecule has 0 radical (unpaired) electrons. The molecule has 0 bridgehead atoms. The fourth-order valence-corrected chi connectivity index (χ4v) is 2.86. The molecule has 0 aliphatic heterocycles. The maximum Gasteiger partial charge on any atom is 0.146 e. The van der Waals surface area contributed by atoms with E-state index in [1.807, 2.05) is 0 Å². The normalized spacial score (nSPS) is 10.4. The Morgan fingerprint density at radius 2 is 1.89 bits per heavy atom. The van der Waals surface area contributed by atoms with E-state index in [9.17, 15) is 9.50 Å². The third kappa shape index (κ3) is 3.03. The first-order chi connectivity index (χ1) is 8.58. The zero-order chi connectivity index (χ0) is 13.1. The molecule has 0 atom stereocenters. The Balaban J connectivity index is 2.18. The number of hydrogen-bond acceptors (Lipinski definition) is 2. The summed E-state index contributed by atoms with van der Waals surface area (Å²) in [6.07, 6.45) is 0. The highest BCUT2D eigenvalue weighted by Crippen LogP contribution is 2.32. The fraction of sp³-hybridized carbons (Fsp3) is 0.0769. The lowest BCUT2D eigenvalue weighted by Crippen LogP contribution is -2.01. The molecule has 94 valence electrons. The van der Waals surface area contributed by atoms with Crippen molar-refractivity contribution in [1.82, 2.24) is 0 Å². The lowest BCUT2D eigenvalue weighted by molar-refractivity contribution is 0.465. The van der Waals surface area contributed by atoms with Crippen molar-refractivity contribution in [2.45, 2.75) is 6.54 Å². The predicted molar refractivity (Wildman–Crippen MR) is 77.2 cm³/mol. The third-order valence-electron chi connectivity index (χ3n) is 2.45. The number of phenolic OH excluding ortho intramolecular Hbond substituents is 1. The van der Waals surface area contributed by atoms with Crippen molar-refractivity contribution in [3.05, 3.63) is 56.7 Å². The van der Waals surface area contributed by atoms with E-state index < -0.39 is 0 Å². The summed E-state index contributed by atoms with van der Waals surface area (Å²) in [6.45, 7) is 0.338. The molecule has 0 aliphatic carbocycles. The Kier molecular flexibility index (Phi) is 4.24. The number of anilines is 1. The van der Waals surface area contributed by atoms with Crippen LogP contribution in [0.25, 0.3) is 0 Å². The average Bonchev–Trinajstić information content (AvgIpc) is 2.33. The molecule has 2 aromatic carbocycles. The van der Waals surface area contributed by atoms with Crippen molar-refractivity contribution in [2.75, 3.05) is 5.32 Å². The molecule has 2 aromatic rings. The summed E-state index contributed by atoms with van der Waals surface area (Å²) >= 11 is 6.60. The molecule has 0 aromatic heterocycles. The summed E-state index contributed by atoms with van der Waals surface area (Å²) in [4.78, 5) is 0. The minimum absolute atomic E-state index is 0.155. The lowest BCUT2D eigenvalue weighted by atomic mass is 10.2. The van der Waals surface area contributed by atoms with Crippen LogP contribution in [0, 0.1) is 5.82 Å². The number of aromatic hydroxyl groups is 1. The predicted octanol–water partition coefficient (Wildman–Crippen LogP) is 4.67. The zero-order valence-corrected chi connectivity index (χ0v) is 12.4. The lowest BCUT2D eigenvalue weighted by Gasteiger charge is -2.10. The summed E-state index contributed by atoms with van der Waals surface area (Å²) in [5, 5.41) is 12.8. The van der Waals surface area contributed by atoms with Gasteiger partial charge in [-0.3, -0.25) is 0 Å². The maximum absolute atomic E-state index is 13.4. The van der Waals surface area contributed by atoms with Crippen molar-refractivity contribution >= 4 is 37.5 Å². The summed E-state index contributed by atoms with van der Waals surface area (Å²) in [6, 6.07) is 9.96. The first-order valence-electron chi connectivity index (χ1n) is 5.23. The number of benzene rings is 2. The molecule has 5 heteroatoms.